The summed E-state index contributed by atoms with van der Waals surface area (Å²) in [5.41, 5.74) is 4.12. The van der Waals surface area contributed by atoms with Crippen LogP contribution in [0.5, 0.6) is 0 Å². The molecule has 1 aliphatic heterocycles. The first-order chi connectivity index (χ1) is 15.7. The molecule has 0 N–H and O–H groups in total. The number of para-hydroxylation sites is 2. The van der Waals surface area contributed by atoms with Gasteiger partial charge in [0, 0.05) is 36.0 Å². The van der Waals surface area contributed by atoms with Crippen molar-refractivity contribution in [1.82, 2.24) is 29.4 Å². The summed E-state index contributed by atoms with van der Waals surface area (Å²) in [5, 5.41) is 17.7. The van der Waals surface area contributed by atoms with E-state index in [1.54, 1.807) is 11.3 Å². The molecule has 0 aliphatic carbocycles. The minimum Gasteiger partial charge on any atom is -0.354 e. The second-order valence-corrected chi connectivity index (χ2v) is 9.48. The molecule has 0 bridgehead atoms. The van der Waals surface area contributed by atoms with Crippen molar-refractivity contribution in [2.45, 2.75) is 38.6 Å². The number of thiophene rings is 1. The molecule has 0 saturated carbocycles. The van der Waals surface area contributed by atoms with Crippen LogP contribution in [0, 0.1) is 0 Å². The number of piperidine rings is 1. The maximum Gasteiger partial charge on any atom is 0.186 e. The quantitative estimate of drug-likeness (QED) is 0.384. The normalized spacial score (nSPS) is 17.1. The van der Waals surface area contributed by atoms with Crippen LogP contribution in [0.2, 0.25) is 0 Å². The molecule has 1 fully saturated rings. The highest BCUT2D eigenvalue weighted by atomic mass is 32.1. The standard InChI is InChI=1S/C24H25N7S/c1-16(2)30-20-8-4-3-7-19(20)25-23(30)17-6-5-12-29(14-17)22-10-9-21-26-27-24(31(21)28-22)18-11-13-32-15-18/h3-4,7-11,13,15-17H,5-6,12,14H2,1-2H3. The van der Waals surface area contributed by atoms with E-state index >= 15 is 0 Å². The molecule has 0 radical (unpaired) electrons. The van der Waals surface area contributed by atoms with Gasteiger partial charge in [0.15, 0.2) is 11.5 Å². The lowest BCUT2D eigenvalue weighted by Crippen LogP contribution is -2.36. The van der Waals surface area contributed by atoms with Crippen LogP contribution < -0.4 is 4.90 Å². The number of rotatable bonds is 4. The highest BCUT2D eigenvalue weighted by Crippen LogP contribution is 2.33. The number of fused-ring (bicyclic) bond motifs is 2. The highest BCUT2D eigenvalue weighted by molar-refractivity contribution is 7.08. The van der Waals surface area contributed by atoms with Crippen LogP contribution in [0.3, 0.4) is 0 Å². The van der Waals surface area contributed by atoms with Crippen molar-refractivity contribution in [2.75, 3.05) is 18.0 Å². The minimum absolute atomic E-state index is 0.368. The Labute approximate surface area is 190 Å². The third kappa shape index (κ3) is 3.17. The van der Waals surface area contributed by atoms with Crippen molar-refractivity contribution >= 4 is 33.8 Å². The van der Waals surface area contributed by atoms with Crippen LogP contribution >= 0.6 is 11.3 Å². The summed E-state index contributed by atoms with van der Waals surface area (Å²) in [6.45, 7) is 6.38. The Bertz CT molecular complexity index is 1380. The first kappa shape index (κ1) is 19.4. The van der Waals surface area contributed by atoms with Crippen LogP contribution in [-0.2, 0) is 0 Å². The fraction of sp³-hybridized carbons (Fsp3) is 0.333. The van der Waals surface area contributed by atoms with Gasteiger partial charge in [0.2, 0.25) is 0 Å². The van der Waals surface area contributed by atoms with Gasteiger partial charge >= 0.3 is 0 Å². The minimum atomic E-state index is 0.368. The molecule has 1 aliphatic rings. The number of hydrogen-bond donors (Lipinski definition) is 0. The molecular weight excluding hydrogens is 418 g/mol. The molecule has 4 aromatic heterocycles. The summed E-state index contributed by atoms with van der Waals surface area (Å²) in [4.78, 5) is 7.45. The number of aromatic nitrogens is 6. The van der Waals surface area contributed by atoms with Crippen molar-refractivity contribution in [3.8, 4) is 11.4 Å². The molecule has 162 valence electrons. The van der Waals surface area contributed by atoms with E-state index in [9.17, 15) is 0 Å². The lowest BCUT2D eigenvalue weighted by molar-refractivity contribution is 0.457. The van der Waals surface area contributed by atoms with E-state index in [4.69, 9.17) is 10.1 Å². The summed E-state index contributed by atoms with van der Waals surface area (Å²) in [7, 11) is 0. The fourth-order valence-corrected chi connectivity index (χ4v) is 5.44. The third-order valence-corrected chi connectivity index (χ3v) is 6.96. The van der Waals surface area contributed by atoms with E-state index in [-0.39, 0.29) is 0 Å². The van der Waals surface area contributed by atoms with Gasteiger partial charge in [-0.05, 0) is 62.4 Å². The fourth-order valence-electron chi connectivity index (χ4n) is 4.81. The molecule has 6 rings (SSSR count). The predicted octanol–water partition coefficient (Wildman–Crippen LogP) is 5.17. The first-order valence-corrected chi connectivity index (χ1v) is 12.1. The summed E-state index contributed by atoms with van der Waals surface area (Å²) in [6.07, 6.45) is 2.26. The van der Waals surface area contributed by atoms with Crippen molar-refractivity contribution < 1.29 is 0 Å². The van der Waals surface area contributed by atoms with Crippen molar-refractivity contribution in [1.29, 1.82) is 0 Å². The smallest absolute Gasteiger partial charge is 0.186 e. The predicted molar refractivity (Wildman–Crippen MR) is 128 cm³/mol. The summed E-state index contributed by atoms with van der Waals surface area (Å²) in [6, 6.07) is 15.0. The van der Waals surface area contributed by atoms with Gasteiger partial charge in [-0.25, -0.2) is 4.98 Å². The van der Waals surface area contributed by atoms with Gasteiger partial charge in [0.1, 0.15) is 11.6 Å². The maximum atomic E-state index is 5.07. The molecule has 32 heavy (non-hydrogen) atoms. The lowest BCUT2D eigenvalue weighted by Gasteiger charge is -2.33. The Balaban J connectivity index is 1.36. The Morgan fingerprint density at radius 2 is 1.97 bits per heavy atom. The zero-order valence-electron chi connectivity index (χ0n) is 18.2. The van der Waals surface area contributed by atoms with Crippen molar-refractivity contribution in [3.05, 3.63) is 59.0 Å². The van der Waals surface area contributed by atoms with Crippen LogP contribution in [0.25, 0.3) is 28.1 Å². The Morgan fingerprint density at radius 3 is 2.81 bits per heavy atom. The molecule has 1 atom stereocenters. The SMILES string of the molecule is CC(C)n1c(C2CCCN(c3ccc4nnc(-c5ccsc5)n4n3)C2)nc2ccccc21. The van der Waals surface area contributed by atoms with E-state index < -0.39 is 0 Å². The van der Waals surface area contributed by atoms with Gasteiger partial charge in [0.05, 0.1) is 11.0 Å². The van der Waals surface area contributed by atoms with Gasteiger partial charge in [-0.3, -0.25) is 0 Å². The molecule has 8 heteroatoms. The number of imidazole rings is 1. The highest BCUT2D eigenvalue weighted by Gasteiger charge is 2.28. The lowest BCUT2D eigenvalue weighted by atomic mass is 9.97. The van der Waals surface area contributed by atoms with E-state index in [0.29, 0.717) is 12.0 Å². The number of benzene rings is 1. The van der Waals surface area contributed by atoms with E-state index in [2.05, 4.69) is 80.7 Å². The largest absolute Gasteiger partial charge is 0.354 e. The van der Waals surface area contributed by atoms with Crippen molar-refractivity contribution in [2.24, 2.45) is 0 Å². The van der Waals surface area contributed by atoms with Gasteiger partial charge in [-0.1, -0.05) is 12.1 Å². The number of hydrogen-bond acceptors (Lipinski definition) is 6. The Hall–Kier alpha value is -3.26. The molecule has 1 unspecified atom stereocenters. The zero-order valence-corrected chi connectivity index (χ0v) is 19.0. The number of anilines is 1. The monoisotopic (exact) mass is 443 g/mol. The molecule has 5 heterocycles. The van der Waals surface area contributed by atoms with E-state index in [1.165, 1.54) is 11.3 Å². The molecule has 7 nitrogen and oxygen atoms in total. The van der Waals surface area contributed by atoms with Gasteiger partial charge < -0.3 is 9.47 Å². The molecule has 1 aromatic carbocycles. The van der Waals surface area contributed by atoms with E-state index in [1.807, 2.05) is 10.6 Å². The van der Waals surface area contributed by atoms with Gasteiger partial charge in [-0.15, -0.1) is 15.3 Å². The molecule has 0 amide bonds. The second-order valence-electron chi connectivity index (χ2n) is 8.70. The average Bonchev–Trinajstić information content (AvgIpc) is 3.56. The summed E-state index contributed by atoms with van der Waals surface area (Å²) >= 11 is 1.65. The second kappa shape index (κ2) is 7.70. The average molecular weight is 444 g/mol. The summed E-state index contributed by atoms with van der Waals surface area (Å²) in [5.74, 6) is 3.31. The van der Waals surface area contributed by atoms with Crippen LogP contribution in [0.4, 0.5) is 5.82 Å². The Kier molecular flexibility index (Phi) is 4.68. The molecule has 1 saturated heterocycles. The zero-order chi connectivity index (χ0) is 21.7. The topological polar surface area (TPSA) is 64.1 Å². The number of nitrogens with zero attached hydrogens (tertiary/aromatic N) is 7. The van der Waals surface area contributed by atoms with Crippen LogP contribution in [0.1, 0.15) is 44.5 Å². The van der Waals surface area contributed by atoms with E-state index in [0.717, 1.165) is 54.3 Å². The van der Waals surface area contributed by atoms with Gasteiger partial charge in [-0.2, -0.15) is 15.9 Å². The Morgan fingerprint density at radius 1 is 1.06 bits per heavy atom. The van der Waals surface area contributed by atoms with Gasteiger partial charge in [0.25, 0.3) is 0 Å². The summed E-state index contributed by atoms with van der Waals surface area (Å²) < 4.78 is 4.28. The van der Waals surface area contributed by atoms with Crippen molar-refractivity contribution in [3.63, 3.8) is 0 Å². The van der Waals surface area contributed by atoms with Crippen LogP contribution in [-0.4, -0.2) is 42.5 Å². The molecule has 5 aromatic rings. The first-order valence-electron chi connectivity index (χ1n) is 11.2. The molecule has 0 spiro atoms. The van der Waals surface area contributed by atoms with Crippen LogP contribution in [0.15, 0.2) is 53.2 Å². The third-order valence-electron chi connectivity index (χ3n) is 6.28. The molecular formula is C24H25N7S. The maximum absolute atomic E-state index is 5.07.